The molecule has 4 heteroatoms. The Bertz CT molecular complexity index is 347. The van der Waals surface area contributed by atoms with Crippen LogP contribution in [0.2, 0.25) is 5.02 Å². The standard InChI is InChI=1S/C14H21BrClNO/c1-2-8-17-9-4-3-5-10-18-14-7-6-12(16)11-13(14)15/h6-7,11,17H,2-5,8-10H2,1H3. The Morgan fingerprint density at radius 2 is 2.06 bits per heavy atom. The largest absolute Gasteiger partial charge is 0.492 e. The highest BCUT2D eigenvalue weighted by Crippen LogP contribution is 2.28. The first-order chi connectivity index (χ1) is 8.74. The van der Waals surface area contributed by atoms with E-state index in [2.05, 4.69) is 28.2 Å². The van der Waals surface area contributed by atoms with Gasteiger partial charge in [0, 0.05) is 5.02 Å². The quantitative estimate of drug-likeness (QED) is 0.664. The number of hydrogen-bond donors (Lipinski definition) is 1. The number of benzene rings is 1. The molecule has 102 valence electrons. The van der Waals surface area contributed by atoms with Gasteiger partial charge >= 0.3 is 0 Å². The summed E-state index contributed by atoms with van der Waals surface area (Å²) in [7, 11) is 0. The zero-order chi connectivity index (χ0) is 13.2. The number of hydrogen-bond acceptors (Lipinski definition) is 2. The summed E-state index contributed by atoms with van der Waals surface area (Å²) in [6, 6.07) is 5.59. The molecule has 0 aliphatic rings. The molecular weight excluding hydrogens is 314 g/mol. The maximum Gasteiger partial charge on any atom is 0.133 e. The van der Waals surface area contributed by atoms with E-state index < -0.39 is 0 Å². The minimum Gasteiger partial charge on any atom is -0.492 e. The molecule has 2 nitrogen and oxygen atoms in total. The third-order valence-corrected chi connectivity index (χ3v) is 3.43. The Kier molecular flexibility index (Phi) is 8.47. The zero-order valence-corrected chi connectivity index (χ0v) is 13.2. The summed E-state index contributed by atoms with van der Waals surface area (Å²) in [6.07, 6.45) is 4.70. The van der Waals surface area contributed by atoms with E-state index in [9.17, 15) is 0 Å². The van der Waals surface area contributed by atoms with Crippen LogP contribution in [0.25, 0.3) is 0 Å². The Labute approximate surface area is 123 Å². The molecule has 0 bridgehead atoms. The van der Waals surface area contributed by atoms with Crippen molar-refractivity contribution in [1.29, 1.82) is 0 Å². The fraction of sp³-hybridized carbons (Fsp3) is 0.571. The van der Waals surface area contributed by atoms with Gasteiger partial charge in [-0.05, 0) is 72.9 Å². The first-order valence-corrected chi connectivity index (χ1v) is 7.69. The molecule has 0 unspecified atom stereocenters. The molecule has 18 heavy (non-hydrogen) atoms. The SMILES string of the molecule is CCCNCCCCCOc1ccc(Cl)cc1Br. The van der Waals surface area contributed by atoms with E-state index in [1.165, 1.54) is 19.3 Å². The van der Waals surface area contributed by atoms with Gasteiger partial charge in [0.05, 0.1) is 11.1 Å². The van der Waals surface area contributed by atoms with E-state index >= 15 is 0 Å². The molecule has 0 amide bonds. The Hall–Kier alpha value is -0.250. The number of unbranched alkanes of at least 4 members (excludes halogenated alkanes) is 2. The van der Waals surface area contributed by atoms with Gasteiger partial charge in [0.2, 0.25) is 0 Å². The molecule has 0 aliphatic heterocycles. The third kappa shape index (κ3) is 6.62. The van der Waals surface area contributed by atoms with Crippen molar-refractivity contribution in [2.24, 2.45) is 0 Å². The Morgan fingerprint density at radius 1 is 1.22 bits per heavy atom. The van der Waals surface area contributed by atoms with Crippen LogP contribution in [0.4, 0.5) is 0 Å². The maximum atomic E-state index is 5.87. The van der Waals surface area contributed by atoms with E-state index in [1.54, 1.807) is 0 Å². The lowest BCUT2D eigenvalue weighted by Crippen LogP contribution is -2.15. The van der Waals surface area contributed by atoms with Crippen molar-refractivity contribution in [3.05, 3.63) is 27.7 Å². The molecule has 1 aromatic carbocycles. The van der Waals surface area contributed by atoms with E-state index in [0.29, 0.717) is 0 Å². The second-order valence-corrected chi connectivity index (χ2v) is 5.52. The summed E-state index contributed by atoms with van der Waals surface area (Å²) in [4.78, 5) is 0. The molecule has 0 radical (unpaired) electrons. The number of ether oxygens (including phenoxy) is 1. The first kappa shape index (κ1) is 15.8. The average Bonchev–Trinajstić information content (AvgIpc) is 2.35. The van der Waals surface area contributed by atoms with Gasteiger partial charge in [0.15, 0.2) is 0 Å². The van der Waals surface area contributed by atoms with Crippen LogP contribution in [0.15, 0.2) is 22.7 Å². The molecule has 0 atom stereocenters. The van der Waals surface area contributed by atoms with Gasteiger partial charge < -0.3 is 10.1 Å². The van der Waals surface area contributed by atoms with Crippen LogP contribution in [-0.2, 0) is 0 Å². The molecular formula is C14H21BrClNO. The van der Waals surface area contributed by atoms with Gasteiger partial charge in [-0.25, -0.2) is 0 Å². The second-order valence-electron chi connectivity index (χ2n) is 4.23. The van der Waals surface area contributed by atoms with Crippen molar-refractivity contribution in [1.82, 2.24) is 5.32 Å². The van der Waals surface area contributed by atoms with Crippen LogP contribution < -0.4 is 10.1 Å². The summed E-state index contributed by atoms with van der Waals surface area (Å²) in [5.74, 6) is 0.864. The highest BCUT2D eigenvalue weighted by Gasteiger charge is 2.01. The van der Waals surface area contributed by atoms with Gasteiger partial charge in [-0.1, -0.05) is 18.5 Å². The number of nitrogens with one attached hydrogen (secondary N) is 1. The smallest absolute Gasteiger partial charge is 0.133 e. The normalized spacial score (nSPS) is 10.6. The fourth-order valence-electron chi connectivity index (χ4n) is 1.61. The van der Waals surface area contributed by atoms with Gasteiger partial charge in [-0.2, -0.15) is 0 Å². The molecule has 0 fully saturated rings. The van der Waals surface area contributed by atoms with E-state index in [0.717, 1.165) is 41.4 Å². The van der Waals surface area contributed by atoms with E-state index in [1.807, 2.05) is 18.2 Å². The van der Waals surface area contributed by atoms with Gasteiger partial charge in [-0.3, -0.25) is 0 Å². The predicted octanol–water partition coefficient (Wildman–Crippen LogP) is 4.65. The molecule has 0 saturated heterocycles. The lowest BCUT2D eigenvalue weighted by atomic mass is 10.2. The fourth-order valence-corrected chi connectivity index (χ4v) is 2.40. The first-order valence-electron chi connectivity index (χ1n) is 6.52. The lowest BCUT2D eigenvalue weighted by molar-refractivity contribution is 0.303. The van der Waals surface area contributed by atoms with Crippen molar-refractivity contribution in [2.75, 3.05) is 19.7 Å². The topological polar surface area (TPSA) is 21.3 Å². The van der Waals surface area contributed by atoms with Crippen molar-refractivity contribution in [3.8, 4) is 5.75 Å². The summed E-state index contributed by atoms with van der Waals surface area (Å²) in [5.41, 5.74) is 0. The van der Waals surface area contributed by atoms with Crippen LogP contribution in [-0.4, -0.2) is 19.7 Å². The van der Waals surface area contributed by atoms with Crippen LogP contribution >= 0.6 is 27.5 Å². The van der Waals surface area contributed by atoms with Crippen LogP contribution in [0.1, 0.15) is 32.6 Å². The molecule has 0 aliphatic carbocycles. The molecule has 1 rings (SSSR count). The highest BCUT2D eigenvalue weighted by molar-refractivity contribution is 9.10. The molecule has 1 aromatic rings. The summed E-state index contributed by atoms with van der Waals surface area (Å²) < 4.78 is 6.61. The Balaban J connectivity index is 2.07. The minimum absolute atomic E-state index is 0.719. The molecule has 0 spiro atoms. The summed E-state index contributed by atoms with van der Waals surface area (Å²) in [5, 5.41) is 4.11. The van der Waals surface area contributed by atoms with Crippen molar-refractivity contribution in [3.63, 3.8) is 0 Å². The molecule has 0 saturated carbocycles. The van der Waals surface area contributed by atoms with E-state index in [4.69, 9.17) is 16.3 Å². The molecule has 1 N–H and O–H groups in total. The van der Waals surface area contributed by atoms with Crippen molar-refractivity contribution >= 4 is 27.5 Å². The van der Waals surface area contributed by atoms with Crippen molar-refractivity contribution < 1.29 is 4.74 Å². The van der Waals surface area contributed by atoms with Crippen LogP contribution in [0.3, 0.4) is 0 Å². The van der Waals surface area contributed by atoms with Crippen molar-refractivity contribution in [2.45, 2.75) is 32.6 Å². The van der Waals surface area contributed by atoms with Gasteiger partial charge in [0.1, 0.15) is 5.75 Å². The van der Waals surface area contributed by atoms with Gasteiger partial charge in [0.25, 0.3) is 0 Å². The molecule has 0 heterocycles. The number of rotatable bonds is 9. The van der Waals surface area contributed by atoms with Gasteiger partial charge in [-0.15, -0.1) is 0 Å². The average molecular weight is 335 g/mol. The lowest BCUT2D eigenvalue weighted by Gasteiger charge is -2.08. The Morgan fingerprint density at radius 3 is 2.78 bits per heavy atom. The monoisotopic (exact) mass is 333 g/mol. The summed E-state index contributed by atoms with van der Waals surface area (Å²) in [6.45, 7) is 5.17. The third-order valence-electron chi connectivity index (χ3n) is 2.58. The zero-order valence-electron chi connectivity index (χ0n) is 10.8. The summed E-state index contributed by atoms with van der Waals surface area (Å²) >= 11 is 9.31. The minimum atomic E-state index is 0.719. The highest BCUT2D eigenvalue weighted by atomic mass is 79.9. The number of halogens is 2. The van der Waals surface area contributed by atoms with Crippen LogP contribution in [0.5, 0.6) is 5.75 Å². The predicted molar refractivity (Wildman–Crippen MR) is 81.7 cm³/mol. The maximum absolute atomic E-state index is 5.87. The molecule has 0 aromatic heterocycles. The van der Waals surface area contributed by atoms with Crippen LogP contribution in [0, 0.1) is 0 Å². The second kappa shape index (κ2) is 9.65. The van der Waals surface area contributed by atoms with E-state index in [-0.39, 0.29) is 0 Å².